The number of rotatable bonds is 5. The summed E-state index contributed by atoms with van der Waals surface area (Å²) < 4.78 is 26.4. The van der Waals surface area contributed by atoms with Crippen molar-refractivity contribution in [2.24, 2.45) is 11.8 Å². The van der Waals surface area contributed by atoms with Crippen LogP contribution in [0.4, 0.5) is 5.69 Å². The fraction of sp³-hybridized carbons (Fsp3) is 0.538. The molecule has 1 aromatic carbocycles. The summed E-state index contributed by atoms with van der Waals surface area (Å²) in [7, 11) is 0.00359. The molecule has 0 heterocycles. The zero-order chi connectivity index (χ0) is 13.3. The number of nitrogens with zero attached hydrogens (tertiary/aromatic N) is 1. The number of benzene rings is 1. The summed E-state index contributed by atoms with van der Waals surface area (Å²) in [6.07, 6.45) is 1.13. The van der Waals surface area contributed by atoms with Crippen molar-refractivity contribution < 1.29 is 8.42 Å². The number of hydrogen-bond acceptors (Lipinski definition) is 3. The predicted octanol–water partition coefficient (Wildman–Crippen LogP) is 2.00. The quantitative estimate of drug-likeness (QED) is 0.888. The first-order valence-corrected chi connectivity index (χ1v) is 7.64. The highest BCUT2D eigenvalue weighted by atomic mass is 32.2. The van der Waals surface area contributed by atoms with Crippen LogP contribution in [0.2, 0.25) is 0 Å². The Bertz CT molecular complexity index is 528. The number of anilines is 1. The van der Waals surface area contributed by atoms with Crippen LogP contribution in [0.1, 0.15) is 13.3 Å². The maximum atomic E-state index is 12.5. The molecule has 0 saturated heterocycles. The SMILES string of the molecule is CNc1ccccc1S(=O)(=O)N(C)CC1CC1C. The molecule has 0 spiro atoms. The molecule has 0 radical (unpaired) electrons. The van der Waals surface area contributed by atoms with Crippen molar-refractivity contribution in [3.05, 3.63) is 24.3 Å². The molecule has 4 nitrogen and oxygen atoms in total. The molecule has 0 amide bonds. The standard InChI is InChI=1S/C13H20N2O2S/c1-10-8-11(10)9-15(3)18(16,17)13-7-5-4-6-12(13)14-2/h4-7,10-11,14H,8-9H2,1-3H3. The third kappa shape index (κ3) is 2.52. The fourth-order valence-corrected chi connectivity index (χ4v) is 3.57. The van der Waals surface area contributed by atoms with Crippen LogP contribution in [0.25, 0.3) is 0 Å². The smallest absolute Gasteiger partial charge is 0.244 e. The Morgan fingerprint density at radius 1 is 1.39 bits per heavy atom. The minimum absolute atomic E-state index is 0.350. The van der Waals surface area contributed by atoms with Gasteiger partial charge in [-0.05, 0) is 30.4 Å². The van der Waals surface area contributed by atoms with E-state index in [2.05, 4.69) is 12.2 Å². The van der Waals surface area contributed by atoms with Gasteiger partial charge in [0, 0.05) is 20.6 Å². The highest BCUT2D eigenvalue weighted by molar-refractivity contribution is 7.89. The lowest BCUT2D eigenvalue weighted by atomic mass is 10.3. The summed E-state index contributed by atoms with van der Waals surface area (Å²) in [5.41, 5.74) is 0.646. The molecule has 0 aliphatic heterocycles. The highest BCUT2D eigenvalue weighted by Crippen LogP contribution is 2.39. The minimum atomic E-state index is -3.39. The van der Waals surface area contributed by atoms with Crippen LogP contribution >= 0.6 is 0 Å². The van der Waals surface area contributed by atoms with Gasteiger partial charge < -0.3 is 5.32 Å². The fourth-order valence-electron chi connectivity index (χ4n) is 2.15. The maximum Gasteiger partial charge on any atom is 0.244 e. The van der Waals surface area contributed by atoms with E-state index in [9.17, 15) is 8.42 Å². The van der Waals surface area contributed by atoms with E-state index in [0.717, 1.165) is 6.42 Å². The molecule has 0 aromatic heterocycles. The molecule has 2 unspecified atom stereocenters. The van der Waals surface area contributed by atoms with Gasteiger partial charge in [0.1, 0.15) is 4.90 Å². The van der Waals surface area contributed by atoms with E-state index in [-0.39, 0.29) is 0 Å². The number of nitrogens with one attached hydrogen (secondary N) is 1. The maximum absolute atomic E-state index is 12.5. The van der Waals surface area contributed by atoms with Gasteiger partial charge >= 0.3 is 0 Å². The van der Waals surface area contributed by atoms with Crippen molar-refractivity contribution in [3.63, 3.8) is 0 Å². The van der Waals surface area contributed by atoms with Gasteiger partial charge in [-0.1, -0.05) is 19.1 Å². The third-order valence-electron chi connectivity index (χ3n) is 3.61. The van der Waals surface area contributed by atoms with Crippen molar-refractivity contribution in [2.45, 2.75) is 18.2 Å². The topological polar surface area (TPSA) is 49.4 Å². The third-order valence-corrected chi connectivity index (χ3v) is 5.49. The van der Waals surface area contributed by atoms with E-state index >= 15 is 0 Å². The molecule has 1 fully saturated rings. The van der Waals surface area contributed by atoms with E-state index in [4.69, 9.17) is 0 Å². The van der Waals surface area contributed by atoms with Crippen molar-refractivity contribution in [3.8, 4) is 0 Å². The molecule has 100 valence electrons. The lowest BCUT2D eigenvalue weighted by molar-refractivity contribution is 0.445. The van der Waals surface area contributed by atoms with Gasteiger partial charge in [-0.25, -0.2) is 12.7 Å². The number of sulfonamides is 1. The average Bonchev–Trinajstić information content (AvgIpc) is 3.04. The molecule has 2 rings (SSSR count). The van der Waals surface area contributed by atoms with E-state index in [1.54, 1.807) is 32.3 Å². The second kappa shape index (κ2) is 4.90. The second-order valence-electron chi connectivity index (χ2n) is 5.00. The van der Waals surface area contributed by atoms with Crippen LogP contribution in [0, 0.1) is 11.8 Å². The van der Waals surface area contributed by atoms with Crippen LogP contribution < -0.4 is 5.32 Å². The summed E-state index contributed by atoms with van der Waals surface area (Å²) in [6.45, 7) is 2.77. The van der Waals surface area contributed by atoms with Crippen molar-refractivity contribution >= 4 is 15.7 Å². The van der Waals surface area contributed by atoms with Gasteiger partial charge in [-0.2, -0.15) is 0 Å². The zero-order valence-corrected chi connectivity index (χ0v) is 11.9. The van der Waals surface area contributed by atoms with Crippen LogP contribution in [0.5, 0.6) is 0 Å². The normalized spacial score (nSPS) is 23.1. The molecule has 0 bridgehead atoms. The molecule has 1 saturated carbocycles. The Hall–Kier alpha value is -1.07. The molecular weight excluding hydrogens is 248 g/mol. The van der Waals surface area contributed by atoms with E-state index in [1.165, 1.54) is 4.31 Å². The summed E-state index contributed by atoms with van der Waals surface area (Å²) in [5, 5.41) is 2.93. The second-order valence-corrected chi connectivity index (χ2v) is 7.02. The summed E-state index contributed by atoms with van der Waals surface area (Å²) in [5.74, 6) is 1.17. The molecule has 1 aliphatic carbocycles. The summed E-state index contributed by atoms with van der Waals surface area (Å²) >= 11 is 0. The van der Waals surface area contributed by atoms with Crippen molar-refractivity contribution in [1.29, 1.82) is 0 Å². The molecule has 1 aliphatic rings. The lowest BCUT2D eigenvalue weighted by Gasteiger charge is -2.19. The highest BCUT2D eigenvalue weighted by Gasteiger charge is 2.36. The Labute approximate surface area is 109 Å². The summed E-state index contributed by atoms with van der Waals surface area (Å²) in [4.78, 5) is 0.350. The molecule has 5 heteroatoms. The number of para-hydroxylation sites is 1. The molecule has 1 N–H and O–H groups in total. The Morgan fingerprint density at radius 2 is 2.00 bits per heavy atom. The lowest BCUT2D eigenvalue weighted by Crippen LogP contribution is -2.29. The first-order chi connectivity index (χ1) is 8.46. The van der Waals surface area contributed by atoms with Gasteiger partial charge in [-0.15, -0.1) is 0 Å². The van der Waals surface area contributed by atoms with Gasteiger partial charge in [0.15, 0.2) is 0 Å². The van der Waals surface area contributed by atoms with Gasteiger partial charge in [-0.3, -0.25) is 0 Å². The first kappa shape index (κ1) is 13.4. The van der Waals surface area contributed by atoms with Gasteiger partial charge in [0.05, 0.1) is 5.69 Å². The predicted molar refractivity (Wildman–Crippen MR) is 73.1 cm³/mol. The van der Waals surface area contributed by atoms with E-state index in [1.807, 2.05) is 6.07 Å². The largest absolute Gasteiger partial charge is 0.387 e. The molecule has 2 atom stereocenters. The van der Waals surface area contributed by atoms with Crippen molar-refractivity contribution in [2.75, 3.05) is 26.0 Å². The van der Waals surface area contributed by atoms with Crippen LogP contribution in [0.15, 0.2) is 29.2 Å². The van der Waals surface area contributed by atoms with Gasteiger partial charge in [0.25, 0.3) is 0 Å². The number of hydrogen-bond donors (Lipinski definition) is 1. The van der Waals surface area contributed by atoms with Crippen molar-refractivity contribution in [1.82, 2.24) is 4.31 Å². The average molecular weight is 268 g/mol. The van der Waals surface area contributed by atoms with Crippen LogP contribution in [0.3, 0.4) is 0 Å². The van der Waals surface area contributed by atoms with Gasteiger partial charge in [0.2, 0.25) is 10.0 Å². The van der Waals surface area contributed by atoms with Crippen LogP contribution in [-0.4, -0.2) is 33.4 Å². The molecular formula is C13H20N2O2S. The molecule has 18 heavy (non-hydrogen) atoms. The monoisotopic (exact) mass is 268 g/mol. The Balaban J connectivity index is 2.24. The zero-order valence-electron chi connectivity index (χ0n) is 11.1. The minimum Gasteiger partial charge on any atom is -0.387 e. The van der Waals surface area contributed by atoms with E-state index < -0.39 is 10.0 Å². The Morgan fingerprint density at radius 3 is 2.56 bits per heavy atom. The summed E-state index contributed by atoms with van der Waals surface area (Å²) in [6, 6.07) is 7.00. The van der Waals surface area contributed by atoms with Crippen LogP contribution in [-0.2, 0) is 10.0 Å². The van der Waals surface area contributed by atoms with E-state index in [0.29, 0.717) is 29.0 Å². The molecule has 1 aromatic rings. The Kier molecular flexibility index (Phi) is 3.64. The first-order valence-electron chi connectivity index (χ1n) is 6.20.